The molecule has 0 saturated heterocycles. The van der Waals surface area contributed by atoms with Gasteiger partial charge in [0.1, 0.15) is 17.2 Å². The number of rotatable bonds is 7. The van der Waals surface area contributed by atoms with Gasteiger partial charge in [-0.05, 0) is 53.7 Å². The number of carbonyl (C=O) groups excluding carboxylic acids is 2. The Kier molecular flexibility index (Phi) is 8.85. The van der Waals surface area contributed by atoms with E-state index < -0.39 is 29.3 Å². The largest absolute Gasteiger partial charge is 0.458 e. The average Bonchev–Trinajstić information content (AvgIpc) is 2.28. The zero-order chi connectivity index (χ0) is 17.4. The van der Waals surface area contributed by atoms with Crippen molar-refractivity contribution in [2.45, 2.75) is 65.2 Å². The molecule has 130 valence electrons. The molecule has 6 nitrogen and oxygen atoms in total. The van der Waals surface area contributed by atoms with E-state index in [0.717, 1.165) is 0 Å². The lowest BCUT2D eigenvalue weighted by Gasteiger charge is -2.26. The second-order valence-electron chi connectivity index (χ2n) is 6.86. The van der Waals surface area contributed by atoms with E-state index >= 15 is 0 Å². The number of hydrogen-bond acceptors (Lipinski definition) is 6. The quantitative estimate of drug-likeness (QED) is 0.549. The highest BCUT2D eigenvalue weighted by Gasteiger charge is 2.28. The summed E-state index contributed by atoms with van der Waals surface area (Å²) in [6.45, 7) is 10.7. The van der Waals surface area contributed by atoms with Crippen LogP contribution in [0.2, 0.25) is 0 Å². The monoisotopic (exact) mass is 335 g/mol. The van der Waals surface area contributed by atoms with Crippen molar-refractivity contribution in [3.63, 3.8) is 0 Å². The lowest BCUT2D eigenvalue weighted by molar-refractivity contribution is -0.157. The number of alkyl carbamates (subject to hydrolysis) is 1. The van der Waals surface area contributed by atoms with E-state index in [9.17, 15) is 9.59 Å². The third-order valence-electron chi connectivity index (χ3n) is 2.17. The number of esters is 1. The Balaban J connectivity index is 4.64. The van der Waals surface area contributed by atoms with Crippen LogP contribution in [0.3, 0.4) is 0 Å². The van der Waals surface area contributed by atoms with Crippen LogP contribution in [0.4, 0.5) is 4.79 Å². The van der Waals surface area contributed by atoms with Gasteiger partial charge in [-0.25, -0.2) is 9.59 Å². The molecule has 0 bridgehead atoms. The van der Waals surface area contributed by atoms with E-state index in [0.29, 0.717) is 17.9 Å². The van der Waals surface area contributed by atoms with Gasteiger partial charge in [-0.15, -0.1) is 0 Å². The van der Waals surface area contributed by atoms with Gasteiger partial charge >= 0.3 is 12.1 Å². The molecule has 2 N–H and O–H groups in total. The molecule has 0 aliphatic heterocycles. The van der Waals surface area contributed by atoms with Gasteiger partial charge in [0.15, 0.2) is 0 Å². The molecule has 0 radical (unpaired) electrons. The highest BCUT2D eigenvalue weighted by Crippen LogP contribution is 2.13. The molecular weight excluding hydrogens is 306 g/mol. The zero-order valence-electron chi connectivity index (χ0n) is 14.4. The second-order valence-corrected chi connectivity index (χ2v) is 8.08. The molecule has 22 heavy (non-hydrogen) atoms. The van der Waals surface area contributed by atoms with Crippen LogP contribution in [0, 0.1) is 0 Å². The molecule has 0 aromatic rings. The van der Waals surface area contributed by atoms with Gasteiger partial charge < -0.3 is 19.9 Å². The van der Waals surface area contributed by atoms with Crippen molar-refractivity contribution in [1.29, 1.82) is 0 Å². The average molecular weight is 335 g/mol. The molecule has 0 aromatic heterocycles. The van der Waals surface area contributed by atoms with Crippen molar-refractivity contribution < 1.29 is 24.2 Å². The molecule has 0 heterocycles. The number of hydrogen-bond donors (Lipinski definition) is 2. The molecule has 0 aliphatic rings. The predicted molar refractivity (Wildman–Crippen MR) is 88.0 cm³/mol. The maximum atomic E-state index is 12.2. The summed E-state index contributed by atoms with van der Waals surface area (Å²) >= 11 is 1.51. The highest BCUT2D eigenvalue weighted by molar-refractivity contribution is 7.99. The Labute approximate surface area is 137 Å². The van der Waals surface area contributed by atoms with Gasteiger partial charge in [0, 0.05) is 5.75 Å². The topological polar surface area (TPSA) is 84.9 Å². The highest BCUT2D eigenvalue weighted by atomic mass is 32.2. The van der Waals surface area contributed by atoms with Crippen LogP contribution < -0.4 is 5.32 Å². The number of thioether (sulfide) groups is 1. The lowest BCUT2D eigenvalue weighted by atomic mass is 10.1. The summed E-state index contributed by atoms with van der Waals surface area (Å²) in [6.07, 6.45) is -0.228. The van der Waals surface area contributed by atoms with Gasteiger partial charge in [-0.3, -0.25) is 0 Å². The van der Waals surface area contributed by atoms with Gasteiger partial charge in [0.05, 0.1) is 6.61 Å². The number of aliphatic hydroxyl groups is 1. The van der Waals surface area contributed by atoms with E-state index in [1.807, 2.05) is 0 Å². The molecule has 0 spiro atoms. The lowest BCUT2D eigenvalue weighted by Crippen LogP contribution is -2.46. The number of carbonyl (C=O) groups is 2. The summed E-state index contributed by atoms with van der Waals surface area (Å²) in [4.78, 5) is 24.0. The molecule has 0 fully saturated rings. The Bertz CT molecular complexity index is 360. The fourth-order valence-corrected chi connectivity index (χ4v) is 2.18. The summed E-state index contributed by atoms with van der Waals surface area (Å²) in [5, 5.41) is 11.3. The number of amides is 1. The van der Waals surface area contributed by atoms with Crippen LogP contribution in [0.5, 0.6) is 0 Å². The predicted octanol–water partition coefficient (Wildman–Crippen LogP) is 2.34. The summed E-state index contributed by atoms with van der Waals surface area (Å²) < 4.78 is 10.5. The Hall–Kier alpha value is -0.950. The summed E-state index contributed by atoms with van der Waals surface area (Å²) in [6, 6.07) is -0.764. The molecule has 0 rings (SSSR count). The van der Waals surface area contributed by atoms with Crippen molar-refractivity contribution >= 4 is 23.8 Å². The third kappa shape index (κ3) is 11.7. The van der Waals surface area contributed by atoms with Crippen LogP contribution in [0.15, 0.2) is 0 Å². The Morgan fingerprint density at radius 1 is 1.05 bits per heavy atom. The molecular formula is C15H29NO5S. The van der Waals surface area contributed by atoms with Crippen LogP contribution in [-0.2, 0) is 14.3 Å². The van der Waals surface area contributed by atoms with Gasteiger partial charge in [0.2, 0.25) is 0 Å². The minimum atomic E-state index is -0.764. The van der Waals surface area contributed by atoms with E-state index in [1.54, 1.807) is 41.5 Å². The molecule has 0 saturated carbocycles. The van der Waals surface area contributed by atoms with Gasteiger partial charge in [0.25, 0.3) is 0 Å². The van der Waals surface area contributed by atoms with Gasteiger partial charge in [-0.2, -0.15) is 11.8 Å². The summed E-state index contributed by atoms with van der Waals surface area (Å²) in [5.74, 6) is 0.733. The summed E-state index contributed by atoms with van der Waals surface area (Å²) in [5.41, 5.74) is -1.25. The molecule has 7 heteroatoms. The fraction of sp³-hybridized carbons (Fsp3) is 0.867. The molecule has 0 aromatic carbocycles. The fourth-order valence-electron chi connectivity index (χ4n) is 1.44. The van der Waals surface area contributed by atoms with Crippen LogP contribution in [0.25, 0.3) is 0 Å². The number of ether oxygens (including phenoxy) is 2. The van der Waals surface area contributed by atoms with Crippen molar-refractivity contribution in [1.82, 2.24) is 5.32 Å². The Morgan fingerprint density at radius 2 is 1.59 bits per heavy atom. The van der Waals surface area contributed by atoms with Crippen molar-refractivity contribution in [3.8, 4) is 0 Å². The molecule has 0 aliphatic carbocycles. The second kappa shape index (κ2) is 9.25. The zero-order valence-corrected chi connectivity index (χ0v) is 15.2. The minimum absolute atomic E-state index is 0.0846. The normalized spacial score (nSPS) is 13.4. The first kappa shape index (κ1) is 21.0. The SMILES string of the molecule is CC(C)(C)OC(=O)N[C@@H](CCSCCO)C(=O)OC(C)(C)C. The van der Waals surface area contributed by atoms with E-state index in [2.05, 4.69) is 5.32 Å². The minimum Gasteiger partial charge on any atom is -0.458 e. The van der Waals surface area contributed by atoms with Crippen molar-refractivity contribution in [2.24, 2.45) is 0 Å². The van der Waals surface area contributed by atoms with Gasteiger partial charge in [-0.1, -0.05) is 0 Å². The van der Waals surface area contributed by atoms with Crippen LogP contribution >= 0.6 is 11.8 Å². The number of nitrogens with one attached hydrogen (secondary N) is 1. The van der Waals surface area contributed by atoms with E-state index in [1.165, 1.54) is 11.8 Å². The van der Waals surface area contributed by atoms with Crippen LogP contribution in [-0.4, -0.2) is 52.5 Å². The van der Waals surface area contributed by atoms with E-state index in [4.69, 9.17) is 14.6 Å². The van der Waals surface area contributed by atoms with Crippen LogP contribution in [0.1, 0.15) is 48.0 Å². The Morgan fingerprint density at radius 3 is 2.05 bits per heavy atom. The first-order valence-electron chi connectivity index (χ1n) is 7.35. The first-order valence-corrected chi connectivity index (χ1v) is 8.51. The summed E-state index contributed by atoms with van der Waals surface area (Å²) in [7, 11) is 0. The maximum absolute atomic E-state index is 12.2. The first-order chi connectivity index (χ1) is 9.94. The van der Waals surface area contributed by atoms with Crippen molar-refractivity contribution in [3.05, 3.63) is 0 Å². The maximum Gasteiger partial charge on any atom is 0.408 e. The van der Waals surface area contributed by atoms with Crippen molar-refractivity contribution in [2.75, 3.05) is 18.1 Å². The smallest absolute Gasteiger partial charge is 0.408 e. The molecule has 0 unspecified atom stereocenters. The standard InChI is InChI=1S/C15H29NO5S/c1-14(2,3)20-12(18)11(7-9-22-10-8-17)16-13(19)21-15(4,5)6/h11,17H,7-10H2,1-6H3,(H,16,19)/t11-/m0/s1. The third-order valence-corrected chi connectivity index (χ3v) is 3.16. The van der Waals surface area contributed by atoms with E-state index in [-0.39, 0.29) is 6.61 Å². The molecule has 1 atom stereocenters. The molecule has 1 amide bonds. The number of aliphatic hydroxyl groups excluding tert-OH is 1.